The number of nitrogens with zero attached hydrogens (tertiary/aromatic N) is 9. The first-order valence-corrected chi connectivity index (χ1v) is 25.1. The topological polar surface area (TPSA) is 121 Å². The van der Waals surface area contributed by atoms with E-state index >= 15 is 0 Å². The van der Waals surface area contributed by atoms with E-state index in [-0.39, 0.29) is 32.1 Å². The molecule has 17 heteroatoms. The van der Waals surface area contributed by atoms with Crippen LogP contribution in [0.15, 0.2) is 43.0 Å². The van der Waals surface area contributed by atoms with Gasteiger partial charge in [-0.1, -0.05) is 39.3 Å². The molecular formula is C34H45F2N9O3SSi2. The molecule has 12 nitrogen and oxygen atoms in total. The summed E-state index contributed by atoms with van der Waals surface area (Å²) in [7, 11) is -2.62. The Kier molecular flexibility index (Phi) is 10.9. The summed E-state index contributed by atoms with van der Waals surface area (Å²) < 4.78 is 51.1. The van der Waals surface area contributed by atoms with Crippen LogP contribution in [0.5, 0.6) is 0 Å². The molecule has 0 aliphatic carbocycles. The highest BCUT2D eigenvalue weighted by atomic mass is 32.1. The summed E-state index contributed by atoms with van der Waals surface area (Å²) in [6.45, 7) is 17.3. The third kappa shape index (κ3) is 8.61. The highest BCUT2D eigenvalue weighted by Gasteiger charge is 2.23. The quantitative estimate of drug-likeness (QED) is 0.0617. The van der Waals surface area contributed by atoms with E-state index in [2.05, 4.69) is 53.7 Å². The Hall–Kier alpha value is -3.88. The van der Waals surface area contributed by atoms with Crippen molar-refractivity contribution in [3.63, 3.8) is 0 Å². The molecule has 51 heavy (non-hydrogen) atoms. The summed E-state index contributed by atoms with van der Waals surface area (Å²) in [5, 5.41) is 15.1. The first-order valence-electron chi connectivity index (χ1n) is 16.9. The van der Waals surface area contributed by atoms with Crippen molar-refractivity contribution in [1.29, 1.82) is 0 Å². The lowest BCUT2D eigenvalue weighted by molar-refractivity contribution is 0.0876. The second kappa shape index (κ2) is 15.0. The number of fused-ring (bicyclic) bond motifs is 2. The van der Waals surface area contributed by atoms with Crippen molar-refractivity contribution in [3.8, 4) is 11.3 Å². The van der Waals surface area contributed by atoms with Gasteiger partial charge in [-0.25, -0.2) is 23.7 Å². The maximum atomic E-state index is 14.8. The molecule has 1 aromatic carbocycles. The van der Waals surface area contributed by atoms with E-state index in [1.165, 1.54) is 17.6 Å². The highest BCUT2D eigenvalue weighted by molar-refractivity contribution is 7.10. The number of aliphatic hydroxyl groups is 1. The van der Waals surface area contributed by atoms with Crippen LogP contribution in [-0.4, -0.2) is 79.3 Å². The number of anilines is 2. The smallest absolute Gasteiger partial charge is 0.186 e. The first-order chi connectivity index (χ1) is 24.2. The Labute approximate surface area is 301 Å². The maximum absolute atomic E-state index is 14.8. The van der Waals surface area contributed by atoms with Gasteiger partial charge in [-0.15, -0.1) is 0 Å². The number of benzene rings is 1. The number of hydrogen-bond acceptors (Lipinski definition) is 10. The van der Waals surface area contributed by atoms with Crippen molar-refractivity contribution in [2.45, 2.75) is 78.2 Å². The molecule has 6 aromatic rings. The molecule has 0 atom stereocenters. The molecule has 5 heterocycles. The predicted molar refractivity (Wildman–Crippen MR) is 201 cm³/mol. The van der Waals surface area contributed by atoms with Gasteiger partial charge in [-0.3, -0.25) is 14.0 Å². The summed E-state index contributed by atoms with van der Waals surface area (Å²) in [6.07, 6.45) is 7.31. The largest absolute Gasteiger partial charge is 0.390 e. The molecule has 0 radical (unpaired) electrons. The van der Waals surface area contributed by atoms with Crippen molar-refractivity contribution in [3.05, 3.63) is 71.8 Å². The number of hydrogen-bond donors (Lipinski definition) is 1. The van der Waals surface area contributed by atoms with Crippen molar-refractivity contribution >= 4 is 55.2 Å². The maximum Gasteiger partial charge on any atom is 0.186 e. The van der Waals surface area contributed by atoms with Crippen LogP contribution in [-0.2, 0) is 29.4 Å². The molecule has 0 aliphatic heterocycles. The van der Waals surface area contributed by atoms with Gasteiger partial charge in [-0.2, -0.15) is 9.47 Å². The normalized spacial score (nSPS) is 12.5. The fourth-order valence-corrected chi connectivity index (χ4v) is 7.72. The molecule has 0 spiro atoms. The van der Waals surface area contributed by atoms with Crippen LogP contribution in [0.3, 0.4) is 0 Å². The van der Waals surface area contributed by atoms with Crippen molar-refractivity contribution in [1.82, 2.24) is 38.1 Å². The summed E-state index contributed by atoms with van der Waals surface area (Å²) in [5.41, 5.74) is 3.96. The zero-order chi connectivity index (χ0) is 36.5. The number of imidazole rings is 2. The van der Waals surface area contributed by atoms with Gasteiger partial charge >= 0.3 is 0 Å². The molecule has 0 amide bonds. The zero-order valence-corrected chi connectivity index (χ0v) is 33.0. The van der Waals surface area contributed by atoms with Gasteiger partial charge in [0.15, 0.2) is 23.1 Å². The highest BCUT2D eigenvalue weighted by Crippen LogP contribution is 2.33. The molecule has 0 bridgehead atoms. The number of ether oxygens (including phenoxy) is 2. The van der Waals surface area contributed by atoms with E-state index in [1.54, 1.807) is 21.6 Å². The first kappa shape index (κ1) is 36.9. The van der Waals surface area contributed by atoms with Crippen LogP contribution >= 0.6 is 11.5 Å². The molecule has 0 saturated heterocycles. The van der Waals surface area contributed by atoms with Crippen molar-refractivity contribution in [2.24, 2.45) is 0 Å². The Balaban J connectivity index is 1.30. The van der Waals surface area contributed by atoms with E-state index in [4.69, 9.17) is 19.4 Å². The zero-order valence-electron chi connectivity index (χ0n) is 30.2. The molecule has 0 unspecified atom stereocenters. The molecule has 5 aromatic heterocycles. The average molecular weight is 754 g/mol. The number of aromatic nitrogens is 8. The summed E-state index contributed by atoms with van der Waals surface area (Å²) in [6, 6.07) is 6.49. The van der Waals surface area contributed by atoms with E-state index in [1.807, 2.05) is 34.7 Å². The summed E-state index contributed by atoms with van der Waals surface area (Å²) >= 11 is 1.27. The molecule has 1 N–H and O–H groups in total. The van der Waals surface area contributed by atoms with Crippen LogP contribution in [0, 0.1) is 18.6 Å². The third-order valence-electron chi connectivity index (χ3n) is 8.38. The van der Waals surface area contributed by atoms with Crippen LogP contribution in [0.2, 0.25) is 51.4 Å². The Morgan fingerprint density at radius 2 is 1.71 bits per heavy atom. The van der Waals surface area contributed by atoms with Crippen molar-refractivity contribution in [2.75, 3.05) is 24.8 Å². The Morgan fingerprint density at radius 1 is 0.961 bits per heavy atom. The number of halogens is 2. The number of aliphatic hydroxyl groups excluding tert-OH is 1. The van der Waals surface area contributed by atoms with Crippen LogP contribution < -0.4 is 4.90 Å². The minimum absolute atomic E-state index is 0.0375. The number of aryl methyl sites for hydroxylation is 1. The Bertz CT molecular complexity index is 2130. The molecule has 6 rings (SSSR count). The second-order valence-electron chi connectivity index (χ2n) is 15.1. The van der Waals surface area contributed by atoms with Crippen molar-refractivity contribution < 1.29 is 23.4 Å². The molecule has 0 aliphatic rings. The van der Waals surface area contributed by atoms with Crippen LogP contribution in [0.25, 0.3) is 27.9 Å². The van der Waals surface area contributed by atoms with Gasteiger partial charge in [0.25, 0.3) is 0 Å². The minimum Gasteiger partial charge on any atom is -0.390 e. The van der Waals surface area contributed by atoms with Gasteiger partial charge in [0.1, 0.15) is 29.8 Å². The molecule has 0 saturated carbocycles. The van der Waals surface area contributed by atoms with Gasteiger partial charge in [0.2, 0.25) is 0 Å². The van der Waals surface area contributed by atoms with Crippen LogP contribution in [0.1, 0.15) is 17.2 Å². The monoisotopic (exact) mass is 753 g/mol. The molecule has 0 fully saturated rings. The van der Waals surface area contributed by atoms with E-state index < -0.39 is 27.8 Å². The van der Waals surface area contributed by atoms with E-state index in [0.717, 1.165) is 40.1 Å². The molecule has 272 valence electrons. The SMILES string of the molecule is Cc1cn2c(-c3cnn(Cc4nc5c(F)c(F)ccc5n4COCC[Si](C)(C)C)c3)cnc2c(N(COCC[Si](C)(C)C)c2cc(CO)ns2)n1. The third-order valence-corrected chi connectivity index (χ3v) is 12.6. The summed E-state index contributed by atoms with van der Waals surface area (Å²) in [5.74, 6) is -0.832. The second-order valence-corrected chi connectivity index (χ2v) is 27.1. The van der Waals surface area contributed by atoms with Gasteiger partial charge < -0.3 is 19.1 Å². The van der Waals surface area contributed by atoms with Crippen LogP contribution in [0.4, 0.5) is 19.6 Å². The van der Waals surface area contributed by atoms with Gasteiger partial charge in [-0.05, 0) is 48.7 Å². The van der Waals surface area contributed by atoms with Gasteiger partial charge in [0.05, 0.1) is 48.1 Å². The molecular weight excluding hydrogens is 709 g/mol. The fraction of sp³-hybridized carbons (Fsp3) is 0.441. The van der Waals surface area contributed by atoms with E-state index in [0.29, 0.717) is 41.7 Å². The van der Waals surface area contributed by atoms with Gasteiger partial charge in [0, 0.05) is 47.3 Å². The Morgan fingerprint density at radius 3 is 2.41 bits per heavy atom. The minimum atomic E-state index is -1.32. The lowest BCUT2D eigenvalue weighted by Gasteiger charge is -2.23. The standard InChI is InChI=1S/C34H45F2N9O3SSi2/c1-23-17-43-28(16-37-33(43)34(39-23)45(22-48-11-13-51(5,6)7)30-14-25(20-46)41-49-30)24-15-38-42(18-24)19-29-40-32-27(9-8-26(35)31(32)36)44(29)21-47-10-12-50(2,3)4/h8-9,14-18,46H,10-13,19-22H2,1-7H3. The summed E-state index contributed by atoms with van der Waals surface area (Å²) in [4.78, 5) is 16.1. The lowest BCUT2D eigenvalue weighted by Crippen LogP contribution is -2.26. The number of rotatable bonds is 16. The predicted octanol–water partition coefficient (Wildman–Crippen LogP) is 7.29. The fourth-order valence-electron chi connectivity index (χ4n) is 5.46. The lowest BCUT2D eigenvalue weighted by atomic mass is 10.3. The van der Waals surface area contributed by atoms with E-state index in [9.17, 15) is 13.9 Å². The average Bonchev–Trinajstić information content (AvgIpc) is 3.86.